The molecule has 0 aliphatic heterocycles. The van der Waals surface area contributed by atoms with Crippen LogP contribution < -0.4 is 5.32 Å². The van der Waals surface area contributed by atoms with E-state index in [4.69, 9.17) is 11.6 Å². The molecule has 2 aromatic rings. The maximum absolute atomic E-state index is 5.88. The monoisotopic (exact) mass is 320 g/mol. The van der Waals surface area contributed by atoms with E-state index in [2.05, 4.69) is 48.4 Å². The molecular weight excluding hydrogens is 300 g/mol. The molecule has 0 aliphatic rings. The summed E-state index contributed by atoms with van der Waals surface area (Å²) in [4.78, 5) is 4.35. The van der Waals surface area contributed by atoms with Crippen LogP contribution in [0.2, 0.25) is 5.02 Å². The van der Waals surface area contributed by atoms with Crippen LogP contribution in [0.4, 0.5) is 0 Å². The van der Waals surface area contributed by atoms with Crippen molar-refractivity contribution in [3.8, 4) is 0 Å². The normalized spacial score (nSPS) is 12.3. The molecule has 1 atom stereocenters. The van der Waals surface area contributed by atoms with Gasteiger partial charge < -0.3 is 5.32 Å². The number of rotatable bonds is 7. The third-order valence-electron chi connectivity index (χ3n) is 3.30. The van der Waals surface area contributed by atoms with Gasteiger partial charge in [0.05, 0.1) is 10.0 Å². The highest BCUT2D eigenvalue weighted by molar-refractivity contribution is 7.99. The Hall–Kier alpha value is -1.03. The predicted octanol–water partition coefficient (Wildman–Crippen LogP) is 4.88. The lowest BCUT2D eigenvalue weighted by atomic mass is 10.0. The van der Waals surface area contributed by atoms with E-state index < -0.39 is 0 Å². The molecule has 0 fully saturated rings. The highest BCUT2D eigenvalue weighted by Crippen LogP contribution is 2.26. The molecule has 1 unspecified atom stereocenters. The Labute approximate surface area is 136 Å². The van der Waals surface area contributed by atoms with Gasteiger partial charge in [0.2, 0.25) is 0 Å². The van der Waals surface area contributed by atoms with Gasteiger partial charge in [0.25, 0.3) is 0 Å². The predicted molar refractivity (Wildman–Crippen MR) is 92.2 cm³/mol. The number of thioether (sulfide) groups is 1. The summed E-state index contributed by atoms with van der Waals surface area (Å²) >= 11 is 7.63. The summed E-state index contributed by atoms with van der Waals surface area (Å²) in [5.74, 6) is 0.958. The standard InChI is InChI=1S/C17H21ClN2S/c1-3-10-19-16(15-7-5-4-6-13(15)2)12-21-17-9-8-14(18)11-20-17/h4-9,11,16,19H,3,10,12H2,1-2H3. The maximum atomic E-state index is 5.88. The third kappa shape index (κ3) is 5.03. The Bertz CT molecular complexity index is 557. The van der Waals surface area contributed by atoms with Crippen LogP contribution in [-0.2, 0) is 0 Å². The molecule has 1 heterocycles. The molecule has 0 amide bonds. The number of halogens is 1. The minimum Gasteiger partial charge on any atom is -0.309 e. The van der Waals surface area contributed by atoms with Crippen LogP contribution in [-0.4, -0.2) is 17.3 Å². The summed E-state index contributed by atoms with van der Waals surface area (Å²) in [6.45, 7) is 5.38. The van der Waals surface area contributed by atoms with Crippen molar-refractivity contribution in [1.29, 1.82) is 0 Å². The number of aromatic nitrogens is 1. The van der Waals surface area contributed by atoms with Gasteiger partial charge in [0.15, 0.2) is 0 Å². The zero-order chi connectivity index (χ0) is 15.1. The van der Waals surface area contributed by atoms with E-state index in [1.165, 1.54) is 11.1 Å². The average molecular weight is 321 g/mol. The fourth-order valence-electron chi connectivity index (χ4n) is 2.17. The third-order valence-corrected chi connectivity index (χ3v) is 4.56. The Morgan fingerprint density at radius 1 is 1.24 bits per heavy atom. The van der Waals surface area contributed by atoms with Crippen molar-refractivity contribution in [3.63, 3.8) is 0 Å². The summed E-state index contributed by atoms with van der Waals surface area (Å²) < 4.78 is 0. The molecule has 1 N–H and O–H groups in total. The van der Waals surface area contributed by atoms with E-state index in [1.54, 1.807) is 18.0 Å². The summed E-state index contributed by atoms with van der Waals surface area (Å²) in [6, 6.07) is 12.8. The van der Waals surface area contributed by atoms with Gasteiger partial charge in [0.1, 0.15) is 0 Å². The molecule has 1 aromatic heterocycles. The first-order valence-electron chi connectivity index (χ1n) is 7.24. The van der Waals surface area contributed by atoms with Crippen LogP contribution in [0.5, 0.6) is 0 Å². The van der Waals surface area contributed by atoms with Gasteiger partial charge in [-0.2, -0.15) is 0 Å². The molecule has 0 saturated carbocycles. The quantitative estimate of drug-likeness (QED) is 0.736. The minimum atomic E-state index is 0.341. The molecule has 4 heteroatoms. The Kier molecular flexibility index (Phi) is 6.55. The molecule has 0 radical (unpaired) electrons. The maximum Gasteiger partial charge on any atom is 0.0961 e. The second kappa shape index (κ2) is 8.42. The zero-order valence-corrected chi connectivity index (χ0v) is 14.0. The first-order chi connectivity index (χ1) is 10.2. The number of aryl methyl sites for hydroxylation is 1. The van der Waals surface area contributed by atoms with Crippen molar-refractivity contribution < 1.29 is 0 Å². The molecule has 2 rings (SSSR count). The topological polar surface area (TPSA) is 24.9 Å². The summed E-state index contributed by atoms with van der Waals surface area (Å²) in [5.41, 5.74) is 2.70. The van der Waals surface area contributed by atoms with E-state index >= 15 is 0 Å². The highest BCUT2D eigenvalue weighted by Gasteiger charge is 2.13. The van der Waals surface area contributed by atoms with Gasteiger partial charge in [-0.1, -0.05) is 42.8 Å². The second-order valence-corrected chi connectivity index (χ2v) is 6.47. The summed E-state index contributed by atoms with van der Waals surface area (Å²) in [6.07, 6.45) is 2.83. The van der Waals surface area contributed by atoms with Gasteiger partial charge in [-0.05, 0) is 43.1 Å². The fraction of sp³-hybridized carbons (Fsp3) is 0.353. The van der Waals surface area contributed by atoms with E-state index in [0.717, 1.165) is 23.7 Å². The van der Waals surface area contributed by atoms with E-state index in [0.29, 0.717) is 11.1 Å². The second-order valence-electron chi connectivity index (χ2n) is 4.99. The number of nitrogens with one attached hydrogen (secondary N) is 1. The van der Waals surface area contributed by atoms with Gasteiger partial charge in [-0.3, -0.25) is 0 Å². The smallest absolute Gasteiger partial charge is 0.0961 e. The molecule has 0 aliphatic carbocycles. The van der Waals surface area contributed by atoms with Crippen molar-refractivity contribution in [2.45, 2.75) is 31.3 Å². The highest BCUT2D eigenvalue weighted by atomic mass is 35.5. The minimum absolute atomic E-state index is 0.341. The Morgan fingerprint density at radius 3 is 2.71 bits per heavy atom. The van der Waals surface area contributed by atoms with Crippen molar-refractivity contribution in [1.82, 2.24) is 10.3 Å². The SMILES string of the molecule is CCCNC(CSc1ccc(Cl)cn1)c1ccccc1C. The van der Waals surface area contributed by atoms with Gasteiger partial charge in [-0.25, -0.2) is 4.98 Å². The summed E-state index contributed by atoms with van der Waals surface area (Å²) in [5, 5.41) is 5.32. The zero-order valence-electron chi connectivity index (χ0n) is 12.5. The Balaban J connectivity index is 2.06. The van der Waals surface area contributed by atoms with Crippen LogP contribution in [0.1, 0.15) is 30.5 Å². The number of hydrogen-bond donors (Lipinski definition) is 1. The summed E-state index contributed by atoms with van der Waals surface area (Å²) in [7, 11) is 0. The largest absolute Gasteiger partial charge is 0.309 e. The van der Waals surface area contributed by atoms with E-state index in [-0.39, 0.29) is 0 Å². The van der Waals surface area contributed by atoms with Crippen molar-refractivity contribution in [2.75, 3.05) is 12.3 Å². The van der Waals surface area contributed by atoms with Crippen LogP contribution in [0.15, 0.2) is 47.6 Å². The lowest BCUT2D eigenvalue weighted by Crippen LogP contribution is -2.24. The first kappa shape index (κ1) is 16.3. The molecular formula is C17H21ClN2S. The molecule has 1 aromatic carbocycles. The molecule has 21 heavy (non-hydrogen) atoms. The van der Waals surface area contributed by atoms with Crippen molar-refractivity contribution >= 4 is 23.4 Å². The van der Waals surface area contributed by atoms with Crippen molar-refractivity contribution in [3.05, 3.63) is 58.7 Å². The van der Waals surface area contributed by atoms with Crippen LogP contribution in [0, 0.1) is 6.92 Å². The number of hydrogen-bond acceptors (Lipinski definition) is 3. The van der Waals surface area contributed by atoms with E-state index in [1.807, 2.05) is 12.1 Å². The molecule has 0 bridgehead atoms. The lowest BCUT2D eigenvalue weighted by molar-refractivity contribution is 0.575. The van der Waals surface area contributed by atoms with Crippen LogP contribution >= 0.6 is 23.4 Å². The molecule has 0 spiro atoms. The number of nitrogens with zero attached hydrogens (tertiary/aromatic N) is 1. The molecule has 2 nitrogen and oxygen atoms in total. The number of pyridine rings is 1. The van der Waals surface area contributed by atoms with Gasteiger partial charge >= 0.3 is 0 Å². The lowest BCUT2D eigenvalue weighted by Gasteiger charge is -2.20. The number of benzene rings is 1. The molecule has 0 saturated heterocycles. The van der Waals surface area contributed by atoms with Crippen LogP contribution in [0.3, 0.4) is 0 Å². The fourth-order valence-corrected chi connectivity index (χ4v) is 3.21. The molecule has 112 valence electrons. The van der Waals surface area contributed by atoms with E-state index in [9.17, 15) is 0 Å². The Morgan fingerprint density at radius 2 is 2.05 bits per heavy atom. The van der Waals surface area contributed by atoms with Crippen LogP contribution in [0.25, 0.3) is 0 Å². The average Bonchev–Trinajstić information content (AvgIpc) is 2.50. The van der Waals surface area contributed by atoms with Gasteiger partial charge in [0, 0.05) is 18.0 Å². The first-order valence-corrected chi connectivity index (χ1v) is 8.60. The van der Waals surface area contributed by atoms with Gasteiger partial charge in [-0.15, -0.1) is 11.8 Å². The van der Waals surface area contributed by atoms with Crippen molar-refractivity contribution in [2.24, 2.45) is 0 Å².